The number of hydrogen-bond acceptors (Lipinski definition) is 5. The molecule has 5 nitrogen and oxygen atoms in total. The number of fused-ring (bicyclic) bond motifs is 1. The zero-order valence-electron chi connectivity index (χ0n) is 14.4. The van der Waals surface area contributed by atoms with Crippen LogP contribution < -0.4 is 5.32 Å². The fourth-order valence-corrected chi connectivity index (χ4v) is 4.28. The van der Waals surface area contributed by atoms with Crippen molar-refractivity contribution in [2.75, 3.05) is 12.4 Å². The number of aryl methyl sites for hydroxylation is 2. The van der Waals surface area contributed by atoms with Crippen molar-refractivity contribution in [2.24, 2.45) is 0 Å². The number of carbonyl (C=O) groups is 2. The Balaban J connectivity index is 1.82. The van der Waals surface area contributed by atoms with Crippen LogP contribution in [0.4, 0.5) is 5.00 Å². The van der Waals surface area contributed by atoms with Gasteiger partial charge in [0.25, 0.3) is 0 Å². The van der Waals surface area contributed by atoms with Crippen molar-refractivity contribution >= 4 is 34.3 Å². The molecule has 0 spiro atoms. The van der Waals surface area contributed by atoms with E-state index in [0.29, 0.717) is 16.3 Å². The van der Waals surface area contributed by atoms with E-state index in [9.17, 15) is 9.59 Å². The Kier molecular flexibility index (Phi) is 5.38. The van der Waals surface area contributed by atoms with E-state index in [0.717, 1.165) is 43.4 Å². The van der Waals surface area contributed by atoms with E-state index in [1.54, 1.807) is 12.1 Å². The fraction of sp³-hybridized carbons (Fsp3) is 0.368. The first-order valence-corrected chi connectivity index (χ1v) is 9.18. The van der Waals surface area contributed by atoms with Gasteiger partial charge >= 0.3 is 5.97 Å². The SMILES string of the molecule is COC(=O)c1c(NC(=O)/C=C/c2ccc(C)o2)sc2c1CCCCC2. The van der Waals surface area contributed by atoms with Gasteiger partial charge in [-0.25, -0.2) is 4.79 Å². The van der Waals surface area contributed by atoms with E-state index in [1.807, 2.05) is 13.0 Å². The van der Waals surface area contributed by atoms with E-state index in [-0.39, 0.29) is 11.9 Å². The second kappa shape index (κ2) is 7.70. The van der Waals surface area contributed by atoms with Crippen molar-refractivity contribution in [1.82, 2.24) is 0 Å². The minimum absolute atomic E-state index is 0.296. The summed E-state index contributed by atoms with van der Waals surface area (Å²) >= 11 is 1.48. The molecule has 132 valence electrons. The zero-order valence-corrected chi connectivity index (χ0v) is 15.2. The van der Waals surface area contributed by atoms with Crippen LogP contribution in [0, 0.1) is 6.92 Å². The molecule has 0 aliphatic heterocycles. The molecule has 3 rings (SSSR count). The van der Waals surface area contributed by atoms with Gasteiger partial charge in [-0.05, 0) is 56.4 Å². The lowest BCUT2D eigenvalue weighted by molar-refractivity contribution is -0.111. The Hall–Kier alpha value is -2.34. The Morgan fingerprint density at radius 3 is 2.76 bits per heavy atom. The second-order valence-electron chi connectivity index (χ2n) is 6.03. The van der Waals surface area contributed by atoms with Crippen LogP contribution >= 0.6 is 11.3 Å². The maximum absolute atomic E-state index is 12.3. The number of methoxy groups -OCH3 is 1. The van der Waals surface area contributed by atoms with Crippen LogP contribution in [-0.2, 0) is 22.4 Å². The molecule has 2 aromatic rings. The second-order valence-corrected chi connectivity index (χ2v) is 7.14. The predicted molar refractivity (Wildman–Crippen MR) is 98.0 cm³/mol. The summed E-state index contributed by atoms with van der Waals surface area (Å²) < 4.78 is 10.3. The van der Waals surface area contributed by atoms with E-state index in [4.69, 9.17) is 9.15 Å². The highest BCUT2D eigenvalue weighted by Crippen LogP contribution is 2.37. The van der Waals surface area contributed by atoms with Crippen molar-refractivity contribution in [3.63, 3.8) is 0 Å². The molecule has 2 aromatic heterocycles. The molecule has 0 saturated carbocycles. The number of thiophene rings is 1. The van der Waals surface area contributed by atoms with Gasteiger partial charge in [0.15, 0.2) is 0 Å². The molecule has 0 atom stereocenters. The molecule has 6 heteroatoms. The molecule has 2 heterocycles. The summed E-state index contributed by atoms with van der Waals surface area (Å²) in [6, 6.07) is 3.63. The van der Waals surface area contributed by atoms with Crippen molar-refractivity contribution in [3.8, 4) is 0 Å². The molecule has 1 amide bonds. The molecular weight excluding hydrogens is 338 g/mol. The molecule has 0 fully saturated rings. The molecule has 0 bridgehead atoms. The number of carbonyl (C=O) groups excluding carboxylic acids is 2. The van der Waals surface area contributed by atoms with Gasteiger partial charge in [-0.1, -0.05) is 6.42 Å². The van der Waals surface area contributed by atoms with Gasteiger partial charge in [-0.2, -0.15) is 0 Å². The normalized spacial score (nSPS) is 14.2. The van der Waals surface area contributed by atoms with Crippen molar-refractivity contribution in [2.45, 2.75) is 39.0 Å². The third kappa shape index (κ3) is 4.02. The molecule has 0 saturated heterocycles. The van der Waals surface area contributed by atoms with Gasteiger partial charge in [-0.3, -0.25) is 4.79 Å². The lowest BCUT2D eigenvalue weighted by atomic mass is 10.1. The number of anilines is 1. The van der Waals surface area contributed by atoms with Crippen LogP contribution in [0.1, 0.15) is 51.6 Å². The van der Waals surface area contributed by atoms with Crippen LogP contribution in [-0.4, -0.2) is 19.0 Å². The zero-order chi connectivity index (χ0) is 17.8. The van der Waals surface area contributed by atoms with Gasteiger partial charge in [0, 0.05) is 11.0 Å². The largest absolute Gasteiger partial charge is 0.465 e. The number of hydrogen-bond donors (Lipinski definition) is 1. The first-order chi connectivity index (χ1) is 12.1. The molecule has 1 aliphatic rings. The lowest BCUT2D eigenvalue weighted by Crippen LogP contribution is -2.12. The van der Waals surface area contributed by atoms with Gasteiger partial charge < -0.3 is 14.5 Å². The van der Waals surface area contributed by atoms with Gasteiger partial charge in [0.2, 0.25) is 5.91 Å². The monoisotopic (exact) mass is 359 g/mol. The Labute approximate surface area is 150 Å². The van der Waals surface area contributed by atoms with Crippen molar-refractivity contribution in [1.29, 1.82) is 0 Å². The average molecular weight is 359 g/mol. The van der Waals surface area contributed by atoms with Crippen LogP contribution in [0.25, 0.3) is 6.08 Å². The highest BCUT2D eigenvalue weighted by molar-refractivity contribution is 7.17. The number of esters is 1. The maximum Gasteiger partial charge on any atom is 0.341 e. The minimum atomic E-state index is -0.389. The fourth-order valence-electron chi connectivity index (χ4n) is 3.00. The first-order valence-electron chi connectivity index (χ1n) is 8.37. The summed E-state index contributed by atoms with van der Waals surface area (Å²) in [6.07, 6.45) is 8.14. The Bertz CT molecular complexity index is 816. The number of rotatable bonds is 4. The van der Waals surface area contributed by atoms with Crippen molar-refractivity contribution in [3.05, 3.63) is 45.7 Å². The molecule has 1 aliphatic carbocycles. The number of amides is 1. The number of furan rings is 1. The van der Waals surface area contributed by atoms with E-state index in [1.165, 1.54) is 29.4 Å². The van der Waals surface area contributed by atoms with E-state index < -0.39 is 0 Å². The quantitative estimate of drug-likeness (QED) is 0.500. The van der Waals surface area contributed by atoms with Crippen LogP contribution in [0.3, 0.4) is 0 Å². The molecule has 0 radical (unpaired) electrons. The van der Waals surface area contributed by atoms with Gasteiger partial charge in [0.05, 0.1) is 12.7 Å². The Morgan fingerprint density at radius 1 is 1.24 bits per heavy atom. The molecule has 25 heavy (non-hydrogen) atoms. The van der Waals surface area contributed by atoms with Crippen molar-refractivity contribution < 1.29 is 18.7 Å². The summed E-state index contributed by atoms with van der Waals surface area (Å²) in [6.45, 7) is 1.85. The summed E-state index contributed by atoms with van der Waals surface area (Å²) in [7, 11) is 1.37. The maximum atomic E-state index is 12.3. The molecular formula is C19H21NO4S. The first kappa shape index (κ1) is 17.5. The standard InChI is InChI=1S/C19H21NO4S/c1-12-8-9-13(24-12)10-11-16(21)20-18-17(19(22)23-2)14-6-4-3-5-7-15(14)25-18/h8-11H,3-7H2,1-2H3,(H,20,21)/b11-10+. The minimum Gasteiger partial charge on any atom is -0.465 e. The van der Waals surface area contributed by atoms with Crippen LogP contribution in [0.15, 0.2) is 22.6 Å². The summed E-state index contributed by atoms with van der Waals surface area (Å²) in [5, 5.41) is 3.40. The van der Waals surface area contributed by atoms with Gasteiger partial charge in [-0.15, -0.1) is 11.3 Å². The van der Waals surface area contributed by atoms with Crippen LogP contribution in [0.2, 0.25) is 0 Å². The van der Waals surface area contributed by atoms with Crippen LogP contribution in [0.5, 0.6) is 0 Å². The predicted octanol–water partition coefficient (Wildman–Crippen LogP) is 4.36. The number of nitrogens with one attached hydrogen (secondary N) is 1. The Morgan fingerprint density at radius 2 is 2.04 bits per heavy atom. The summed E-state index contributed by atoms with van der Waals surface area (Å²) in [5.74, 6) is 0.716. The number of ether oxygens (including phenoxy) is 1. The summed E-state index contributed by atoms with van der Waals surface area (Å²) in [4.78, 5) is 25.7. The van der Waals surface area contributed by atoms with E-state index in [2.05, 4.69) is 5.32 Å². The molecule has 0 unspecified atom stereocenters. The van der Waals surface area contributed by atoms with Gasteiger partial charge in [0.1, 0.15) is 16.5 Å². The molecule has 0 aromatic carbocycles. The highest BCUT2D eigenvalue weighted by atomic mass is 32.1. The highest BCUT2D eigenvalue weighted by Gasteiger charge is 2.25. The van der Waals surface area contributed by atoms with E-state index >= 15 is 0 Å². The topological polar surface area (TPSA) is 68.5 Å². The third-order valence-electron chi connectivity index (χ3n) is 4.21. The summed E-state index contributed by atoms with van der Waals surface area (Å²) in [5.41, 5.74) is 1.55. The molecule has 1 N–H and O–H groups in total. The smallest absolute Gasteiger partial charge is 0.341 e. The third-order valence-corrected chi connectivity index (χ3v) is 5.41. The lowest BCUT2D eigenvalue weighted by Gasteiger charge is -2.06. The average Bonchev–Trinajstić information content (AvgIpc) is 3.08.